The lowest BCUT2D eigenvalue weighted by Gasteiger charge is -2.15. The molecule has 0 bridgehead atoms. The third-order valence-electron chi connectivity index (χ3n) is 3.96. The first-order valence-electron chi connectivity index (χ1n) is 9.50. The van der Waals surface area contributed by atoms with Crippen LogP contribution in [0.2, 0.25) is 0 Å². The van der Waals surface area contributed by atoms with Gasteiger partial charge in [-0.3, -0.25) is 14.9 Å². The number of rotatable bonds is 9. The fourth-order valence-corrected chi connectivity index (χ4v) is 3.17. The number of nitrogens with one attached hydrogen (secondary N) is 1. The van der Waals surface area contributed by atoms with E-state index < -0.39 is 10.8 Å². The van der Waals surface area contributed by atoms with Gasteiger partial charge in [0, 0.05) is 18.2 Å². The number of nitrogens with zero attached hydrogens (tertiary/aromatic N) is 2. The largest absolute Gasteiger partial charge is 0.490 e. The van der Waals surface area contributed by atoms with Crippen LogP contribution >= 0.6 is 15.9 Å². The molecule has 162 valence electrons. The number of amides is 1. The number of nitriles is 1. The molecule has 8 nitrogen and oxygen atoms in total. The summed E-state index contributed by atoms with van der Waals surface area (Å²) in [6.07, 6.45) is 1.48. The Hall–Kier alpha value is -3.38. The molecule has 0 saturated carbocycles. The van der Waals surface area contributed by atoms with Gasteiger partial charge in [-0.05, 0) is 78.2 Å². The Labute approximate surface area is 188 Å². The van der Waals surface area contributed by atoms with Crippen LogP contribution in [0.25, 0.3) is 6.08 Å². The van der Waals surface area contributed by atoms with Crippen molar-refractivity contribution in [3.8, 4) is 17.6 Å². The Bertz CT molecular complexity index is 1030. The Balaban J connectivity index is 2.29. The molecule has 9 heteroatoms. The van der Waals surface area contributed by atoms with E-state index in [2.05, 4.69) is 21.2 Å². The van der Waals surface area contributed by atoms with Crippen LogP contribution in [0, 0.1) is 21.4 Å². The van der Waals surface area contributed by atoms with E-state index in [1.54, 1.807) is 24.3 Å². The number of nitro groups is 1. The fraction of sp³-hybridized carbons (Fsp3) is 0.273. The van der Waals surface area contributed by atoms with Crippen LogP contribution in [-0.4, -0.2) is 23.5 Å². The summed E-state index contributed by atoms with van der Waals surface area (Å²) >= 11 is 3.45. The van der Waals surface area contributed by atoms with Gasteiger partial charge in [0.1, 0.15) is 18.2 Å². The highest BCUT2D eigenvalue weighted by Gasteiger charge is 2.15. The van der Waals surface area contributed by atoms with E-state index in [1.807, 2.05) is 26.8 Å². The second kappa shape index (κ2) is 11.1. The van der Waals surface area contributed by atoms with Gasteiger partial charge in [-0.15, -0.1) is 0 Å². The maximum absolute atomic E-state index is 12.2. The van der Waals surface area contributed by atoms with E-state index in [9.17, 15) is 20.2 Å². The average Bonchev–Trinajstić information content (AvgIpc) is 2.71. The molecule has 0 radical (unpaired) electrons. The highest BCUT2D eigenvalue weighted by atomic mass is 79.9. The number of hydrogen-bond acceptors (Lipinski definition) is 6. The van der Waals surface area contributed by atoms with Crippen LogP contribution in [0.15, 0.2) is 46.4 Å². The summed E-state index contributed by atoms with van der Waals surface area (Å²) in [5.74, 6) is 0.430. The van der Waals surface area contributed by atoms with Gasteiger partial charge in [-0.2, -0.15) is 5.26 Å². The molecule has 0 spiro atoms. The molecule has 0 atom stereocenters. The molecule has 1 amide bonds. The third-order valence-corrected chi connectivity index (χ3v) is 4.55. The minimum Gasteiger partial charge on any atom is -0.490 e. The first-order chi connectivity index (χ1) is 14.7. The van der Waals surface area contributed by atoms with Gasteiger partial charge in [0.2, 0.25) is 0 Å². The second-order valence-corrected chi connectivity index (χ2v) is 7.63. The molecule has 0 unspecified atom stereocenters. The molecule has 0 aromatic heterocycles. The van der Waals surface area contributed by atoms with E-state index in [0.717, 1.165) is 5.56 Å². The van der Waals surface area contributed by atoms with E-state index in [0.29, 0.717) is 28.1 Å². The van der Waals surface area contributed by atoms with Gasteiger partial charge in [0.25, 0.3) is 11.6 Å². The number of benzene rings is 2. The molecule has 0 saturated heterocycles. The summed E-state index contributed by atoms with van der Waals surface area (Å²) in [4.78, 5) is 22.5. The fourth-order valence-electron chi connectivity index (χ4n) is 2.60. The molecule has 0 aliphatic heterocycles. The van der Waals surface area contributed by atoms with Crippen molar-refractivity contribution in [3.05, 3.63) is 67.7 Å². The summed E-state index contributed by atoms with van der Waals surface area (Å²) in [6, 6.07) is 11.3. The topological polar surface area (TPSA) is 114 Å². The highest BCUT2D eigenvalue weighted by Crippen LogP contribution is 2.38. The Kier molecular flexibility index (Phi) is 8.58. The van der Waals surface area contributed by atoms with Gasteiger partial charge >= 0.3 is 0 Å². The zero-order valence-corrected chi connectivity index (χ0v) is 18.9. The molecular weight excluding hydrogens is 466 g/mol. The molecule has 0 fully saturated rings. The molecule has 0 heterocycles. The second-order valence-electron chi connectivity index (χ2n) is 6.77. The van der Waals surface area contributed by atoms with Crippen molar-refractivity contribution in [2.45, 2.75) is 33.4 Å². The van der Waals surface area contributed by atoms with Crippen molar-refractivity contribution < 1.29 is 19.2 Å². The predicted octanol–water partition coefficient (Wildman–Crippen LogP) is 4.77. The Morgan fingerprint density at radius 2 is 1.97 bits per heavy atom. The average molecular weight is 488 g/mol. The van der Waals surface area contributed by atoms with Crippen molar-refractivity contribution in [3.63, 3.8) is 0 Å². The maximum Gasteiger partial charge on any atom is 0.269 e. The summed E-state index contributed by atoms with van der Waals surface area (Å²) < 4.78 is 12.1. The summed E-state index contributed by atoms with van der Waals surface area (Å²) in [6.45, 7) is 6.01. The SMILES string of the molecule is CCOc1cc(/C=C(/C#N)C(=O)NC(C)C)cc(Br)c1OCc1ccc([N+](=O)[O-])cc1. The van der Waals surface area contributed by atoms with Crippen LogP contribution in [0.3, 0.4) is 0 Å². The molecular formula is C22H22BrN3O5. The van der Waals surface area contributed by atoms with E-state index in [4.69, 9.17) is 9.47 Å². The quantitative estimate of drug-likeness (QED) is 0.236. The Morgan fingerprint density at radius 3 is 2.52 bits per heavy atom. The predicted molar refractivity (Wildman–Crippen MR) is 120 cm³/mol. The molecule has 0 aliphatic rings. The van der Waals surface area contributed by atoms with Gasteiger partial charge in [0.05, 0.1) is 16.0 Å². The molecule has 2 aromatic rings. The van der Waals surface area contributed by atoms with Crippen molar-refractivity contribution in [1.29, 1.82) is 5.26 Å². The third kappa shape index (κ3) is 6.83. The normalized spacial score (nSPS) is 11.0. The van der Waals surface area contributed by atoms with Crippen molar-refractivity contribution in [2.24, 2.45) is 0 Å². The number of carbonyl (C=O) groups excluding carboxylic acids is 1. The maximum atomic E-state index is 12.2. The van der Waals surface area contributed by atoms with Gasteiger partial charge in [0.15, 0.2) is 11.5 Å². The Morgan fingerprint density at radius 1 is 1.29 bits per heavy atom. The van der Waals surface area contributed by atoms with Crippen molar-refractivity contribution in [1.82, 2.24) is 5.32 Å². The van der Waals surface area contributed by atoms with Gasteiger partial charge in [-0.25, -0.2) is 0 Å². The molecule has 31 heavy (non-hydrogen) atoms. The van der Waals surface area contributed by atoms with Crippen LogP contribution in [0.4, 0.5) is 5.69 Å². The van der Waals surface area contributed by atoms with Crippen LogP contribution < -0.4 is 14.8 Å². The summed E-state index contributed by atoms with van der Waals surface area (Å²) in [5.41, 5.74) is 1.32. The monoisotopic (exact) mass is 487 g/mol. The lowest BCUT2D eigenvalue weighted by molar-refractivity contribution is -0.384. The lowest BCUT2D eigenvalue weighted by atomic mass is 10.1. The number of hydrogen-bond donors (Lipinski definition) is 1. The number of ether oxygens (including phenoxy) is 2. The minimum atomic E-state index is -0.461. The minimum absolute atomic E-state index is 0.00544. The smallest absolute Gasteiger partial charge is 0.269 e. The molecule has 0 aliphatic carbocycles. The van der Waals surface area contributed by atoms with Crippen molar-refractivity contribution >= 4 is 33.6 Å². The summed E-state index contributed by atoms with van der Waals surface area (Å²) in [7, 11) is 0. The first kappa shape index (κ1) is 23.9. The van der Waals surface area contributed by atoms with E-state index >= 15 is 0 Å². The van der Waals surface area contributed by atoms with E-state index in [-0.39, 0.29) is 23.9 Å². The molecule has 2 rings (SSSR count). The van der Waals surface area contributed by atoms with Crippen LogP contribution in [-0.2, 0) is 11.4 Å². The zero-order valence-electron chi connectivity index (χ0n) is 17.3. The standard InChI is InChI=1S/C22H22BrN3O5/c1-4-30-20-11-16(9-17(12-24)22(27)25-14(2)3)10-19(23)21(20)31-13-15-5-7-18(8-6-15)26(28)29/h5-11,14H,4,13H2,1-3H3,(H,25,27)/b17-9-. The number of non-ortho nitro benzene ring substituents is 1. The van der Waals surface area contributed by atoms with Crippen molar-refractivity contribution in [2.75, 3.05) is 6.61 Å². The molecule has 2 aromatic carbocycles. The lowest BCUT2D eigenvalue weighted by Crippen LogP contribution is -2.30. The number of carbonyl (C=O) groups is 1. The van der Waals surface area contributed by atoms with E-state index in [1.165, 1.54) is 18.2 Å². The highest BCUT2D eigenvalue weighted by molar-refractivity contribution is 9.10. The van der Waals surface area contributed by atoms with Gasteiger partial charge < -0.3 is 14.8 Å². The first-order valence-corrected chi connectivity index (χ1v) is 10.3. The number of halogens is 1. The van der Waals surface area contributed by atoms with Gasteiger partial charge in [-0.1, -0.05) is 0 Å². The molecule has 1 N–H and O–H groups in total. The van der Waals surface area contributed by atoms with Crippen LogP contribution in [0.5, 0.6) is 11.5 Å². The zero-order chi connectivity index (χ0) is 23.0. The number of nitro benzene ring substituents is 1. The summed E-state index contributed by atoms with van der Waals surface area (Å²) in [5, 5.41) is 22.8. The van der Waals surface area contributed by atoms with Crippen LogP contribution in [0.1, 0.15) is 31.9 Å².